The number of nitrogens with one attached hydrogen (secondary N) is 3. The highest BCUT2D eigenvalue weighted by molar-refractivity contribution is 5.81. The molecule has 0 spiro atoms. The minimum atomic E-state index is -0.581. The van der Waals surface area contributed by atoms with Crippen LogP contribution in [-0.2, 0) is 11.3 Å². The zero-order valence-electron chi connectivity index (χ0n) is 17.0. The van der Waals surface area contributed by atoms with Crippen LogP contribution in [0, 0.1) is 11.6 Å². The molecular weight excluding hydrogens is 388 g/mol. The van der Waals surface area contributed by atoms with Gasteiger partial charge in [-0.3, -0.25) is 9.79 Å². The number of nitrogens with zero attached hydrogens (tertiary/aromatic N) is 2. The van der Waals surface area contributed by atoms with E-state index in [2.05, 4.69) is 20.9 Å². The van der Waals surface area contributed by atoms with Crippen LogP contribution in [0.1, 0.15) is 18.4 Å². The monoisotopic (exact) mass is 415 g/mol. The van der Waals surface area contributed by atoms with Gasteiger partial charge in [0.2, 0.25) is 5.91 Å². The summed E-state index contributed by atoms with van der Waals surface area (Å²) in [5.74, 6) is -0.583. The Labute approximate surface area is 175 Å². The van der Waals surface area contributed by atoms with Crippen LogP contribution in [-0.4, -0.2) is 44.6 Å². The first-order chi connectivity index (χ1) is 14.5. The van der Waals surface area contributed by atoms with Crippen molar-refractivity contribution < 1.29 is 13.6 Å². The van der Waals surface area contributed by atoms with E-state index in [0.717, 1.165) is 18.1 Å². The topological polar surface area (TPSA) is 68.8 Å². The van der Waals surface area contributed by atoms with E-state index >= 15 is 0 Å². The lowest BCUT2D eigenvalue weighted by molar-refractivity contribution is -0.121. The van der Waals surface area contributed by atoms with E-state index in [1.165, 1.54) is 12.1 Å². The van der Waals surface area contributed by atoms with Gasteiger partial charge in [-0.15, -0.1) is 0 Å². The molecular formula is C22H27F2N5O. The average molecular weight is 415 g/mol. The highest BCUT2D eigenvalue weighted by Crippen LogP contribution is 2.24. The molecule has 0 aromatic heterocycles. The molecule has 0 bridgehead atoms. The van der Waals surface area contributed by atoms with E-state index in [1.807, 2.05) is 35.2 Å². The van der Waals surface area contributed by atoms with Crippen LogP contribution >= 0.6 is 0 Å². The van der Waals surface area contributed by atoms with Crippen LogP contribution in [0.15, 0.2) is 53.5 Å². The molecule has 1 aliphatic rings. The Hall–Kier alpha value is -3.16. The zero-order chi connectivity index (χ0) is 21.3. The number of benzene rings is 2. The summed E-state index contributed by atoms with van der Waals surface area (Å²) >= 11 is 0. The van der Waals surface area contributed by atoms with Gasteiger partial charge in [-0.2, -0.15) is 0 Å². The number of anilines is 1. The van der Waals surface area contributed by atoms with Gasteiger partial charge in [0.25, 0.3) is 0 Å². The fourth-order valence-corrected chi connectivity index (χ4v) is 3.40. The largest absolute Gasteiger partial charge is 0.367 e. The van der Waals surface area contributed by atoms with Gasteiger partial charge in [0.05, 0.1) is 5.69 Å². The number of halogens is 2. The van der Waals surface area contributed by atoms with Crippen molar-refractivity contribution in [2.24, 2.45) is 4.99 Å². The average Bonchev–Trinajstić information content (AvgIpc) is 3.20. The van der Waals surface area contributed by atoms with Crippen LogP contribution in [0.2, 0.25) is 0 Å². The van der Waals surface area contributed by atoms with Gasteiger partial charge in [-0.1, -0.05) is 30.3 Å². The van der Waals surface area contributed by atoms with Crippen LogP contribution in [0.4, 0.5) is 14.5 Å². The van der Waals surface area contributed by atoms with Crippen LogP contribution < -0.4 is 20.9 Å². The van der Waals surface area contributed by atoms with E-state index in [0.29, 0.717) is 44.2 Å². The molecule has 1 unspecified atom stereocenters. The number of hydrogen-bond acceptors (Lipinski definition) is 3. The smallest absolute Gasteiger partial charge is 0.222 e. The third-order valence-electron chi connectivity index (χ3n) is 4.98. The zero-order valence-corrected chi connectivity index (χ0v) is 17.0. The van der Waals surface area contributed by atoms with Gasteiger partial charge < -0.3 is 20.9 Å². The van der Waals surface area contributed by atoms with E-state index < -0.39 is 11.6 Å². The fraction of sp³-hybridized carbons (Fsp3) is 0.364. The molecule has 1 saturated heterocycles. The Balaban J connectivity index is 1.39. The van der Waals surface area contributed by atoms with Crippen molar-refractivity contribution in [2.75, 3.05) is 31.6 Å². The van der Waals surface area contributed by atoms with Gasteiger partial charge in [0.15, 0.2) is 5.96 Å². The van der Waals surface area contributed by atoms with E-state index in [9.17, 15) is 13.6 Å². The van der Waals surface area contributed by atoms with Crippen molar-refractivity contribution in [1.82, 2.24) is 16.0 Å². The highest BCUT2D eigenvalue weighted by atomic mass is 19.1. The minimum Gasteiger partial charge on any atom is -0.367 e. The fourth-order valence-electron chi connectivity index (χ4n) is 3.40. The highest BCUT2D eigenvalue weighted by Gasteiger charge is 2.25. The number of carbonyl (C=O) groups excluding carboxylic acids is 1. The summed E-state index contributed by atoms with van der Waals surface area (Å²) in [5.41, 5.74) is 1.46. The second-order valence-electron chi connectivity index (χ2n) is 7.18. The predicted molar refractivity (Wildman–Crippen MR) is 114 cm³/mol. The molecule has 1 amide bonds. The molecule has 3 N–H and O–H groups in total. The number of carbonyl (C=O) groups is 1. The molecule has 1 fully saturated rings. The standard InChI is InChI=1S/C22H27F2N5O/c1-25-22(26-11-9-21(30)27-14-16-5-3-2-4-6-16)28-18-10-12-29(15-18)20-8-7-17(23)13-19(20)24/h2-8,13,18H,9-12,14-15H2,1H3,(H,27,30)(H2,25,26,28). The number of aliphatic imine (C=N–C) groups is 1. The first-order valence-electron chi connectivity index (χ1n) is 10.0. The van der Waals surface area contributed by atoms with Crippen molar-refractivity contribution in [1.29, 1.82) is 0 Å². The van der Waals surface area contributed by atoms with Crippen molar-refractivity contribution in [2.45, 2.75) is 25.4 Å². The van der Waals surface area contributed by atoms with Gasteiger partial charge in [0.1, 0.15) is 11.6 Å². The van der Waals surface area contributed by atoms with Crippen molar-refractivity contribution in [3.05, 3.63) is 65.7 Å². The molecule has 2 aromatic carbocycles. The first-order valence-corrected chi connectivity index (χ1v) is 10.0. The minimum absolute atomic E-state index is 0.0411. The third-order valence-corrected chi connectivity index (χ3v) is 4.98. The first kappa shape index (κ1) is 21.5. The molecule has 1 heterocycles. The van der Waals surface area contributed by atoms with E-state index in [1.54, 1.807) is 7.05 Å². The Morgan fingerprint density at radius 1 is 1.17 bits per heavy atom. The number of hydrogen-bond donors (Lipinski definition) is 3. The molecule has 2 aromatic rings. The van der Waals surface area contributed by atoms with Crippen LogP contribution in [0.25, 0.3) is 0 Å². The molecule has 3 rings (SSSR count). The maximum absolute atomic E-state index is 14.0. The molecule has 0 saturated carbocycles. The third kappa shape index (κ3) is 6.17. The van der Waals surface area contributed by atoms with Crippen LogP contribution in [0.3, 0.4) is 0 Å². The predicted octanol–water partition coefficient (Wildman–Crippen LogP) is 2.42. The summed E-state index contributed by atoms with van der Waals surface area (Å²) in [6.07, 6.45) is 1.13. The molecule has 8 heteroatoms. The number of guanidine groups is 1. The van der Waals surface area contributed by atoms with E-state index in [4.69, 9.17) is 0 Å². The van der Waals surface area contributed by atoms with Gasteiger partial charge in [-0.05, 0) is 24.1 Å². The Morgan fingerprint density at radius 3 is 2.70 bits per heavy atom. The lowest BCUT2D eigenvalue weighted by atomic mass is 10.2. The van der Waals surface area contributed by atoms with E-state index in [-0.39, 0.29) is 11.9 Å². The Morgan fingerprint density at radius 2 is 1.97 bits per heavy atom. The molecule has 160 valence electrons. The summed E-state index contributed by atoms with van der Waals surface area (Å²) in [6, 6.07) is 13.5. The summed E-state index contributed by atoms with van der Waals surface area (Å²) < 4.78 is 27.1. The quantitative estimate of drug-likeness (QED) is 0.480. The normalized spacial score (nSPS) is 16.4. The molecule has 1 aliphatic heterocycles. The van der Waals surface area contributed by atoms with Crippen molar-refractivity contribution in [3.8, 4) is 0 Å². The lowest BCUT2D eigenvalue weighted by Gasteiger charge is -2.21. The molecule has 30 heavy (non-hydrogen) atoms. The number of amides is 1. The van der Waals surface area contributed by atoms with Crippen molar-refractivity contribution in [3.63, 3.8) is 0 Å². The summed E-state index contributed by atoms with van der Waals surface area (Å²) in [6.45, 7) is 2.20. The summed E-state index contributed by atoms with van der Waals surface area (Å²) in [7, 11) is 1.66. The Kier molecular flexibility index (Phi) is 7.59. The molecule has 6 nitrogen and oxygen atoms in total. The van der Waals surface area contributed by atoms with Gasteiger partial charge >= 0.3 is 0 Å². The maximum Gasteiger partial charge on any atom is 0.222 e. The second-order valence-corrected chi connectivity index (χ2v) is 7.18. The molecule has 0 aliphatic carbocycles. The second kappa shape index (κ2) is 10.6. The molecule has 0 radical (unpaired) electrons. The summed E-state index contributed by atoms with van der Waals surface area (Å²) in [5, 5.41) is 9.32. The lowest BCUT2D eigenvalue weighted by Crippen LogP contribution is -2.45. The van der Waals surface area contributed by atoms with Crippen LogP contribution in [0.5, 0.6) is 0 Å². The SMILES string of the molecule is CN=C(NCCC(=O)NCc1ccccc1)NC1CCN(c2ccc(F)cc2F)C1. The van der Waals surface area contributed by atoms with Crippen molar-refractivity contribution >= 4 is 17.6 Å². The van der Waals surface area contributed by atoms with Gasteiger partial charge in [0, 0.05) is 51.8 Å². The number of rotatable bonds is 7. The summed E-state index contributed by atoms with van der Waals surface area (Å²) in [4.78, 5) is 18.1. The molecule has 1 atom stereocenters. The Bertz CT molecular complexity index is 875. The maximum atomic E-state index is 14.0. The van der Waals surface area contributed by atoms with Gasteiger partial charge in [-0.25, -0.2) is 8.78 Å².